The maximum Gasteiger partial charge on any atom is 0.355 e. The number of carbonyl (C=O) groups excluding carboxylic acids is 1. The summed E-state index contributed by atoms with van der Waals surface area (Å²) in [6.07, 6.45) is 4.68. The molecule has 5 rings (SSSR count). The molecule has 7 nitrogen and oxygen atoms in total. The van der Waals surface area contributed by atoms with Gasteiger partial charge in [-0.1, -0.05) is 60.3 Å². The van der Waals surface area contributed by atoms with Gasteiger partial charge < -0.3 is 19.5 Å². The van der Waals surface area contributed by atoms with Gasteiger partial charge in [-0.25, -0.2) is 9.78 Å². The third kappa shape index (κ3) is 6.12. The van der Waals surface area contributed by atoms with E-state index >= 15 is 0 Å². The molecule has 0 aliphatic carbocycles. The van der Waals surface area contributed by atoms with Crippen LogP contribution in [0.3, 0.4) is 0 Å². The van der Waals surface area contributed by atoms with Crippen LogP contribution in [0.4, 0.5) is 0 Å². The highest BCUT2D eigenvalue weighted by Gasteiger charge is 2.28. The van der Waals surface area contributed by atoms with Gasteiger partial charge in [0.15, 0.2) is 10.0 Å². The van der Waals surface area contributed by atoms with Crippen LogP contribution in [-0.2, 0) is 11.2 Å². The van der Waals surface area contributed by atoms with Crippen molar-refractivity contribution in [3.05, 3.63) is 83.4 Å². The minimum atomic E-state index is -1.04. The molecule has 1 amide bonds. The number of aromatic carboxylic acids is 1. The normalized spacial score (nSPS) is 16.7. The SMILES string of the molecule is O=C(O)c1csc(SCCN2C(=O)CCC2C=CC(O)Cc2cccc(-c3cc4ccccc4o3)c2)n1. The van der Waals surface area contributed by atoms with Crippen LogP contribution in [0.25, 0.3) is 22.3 Å². The number of thioether (sulfide) groups is 1. The van der Waals surface area contributed by atoms with Gasteiger partial charge >= 0.3 is 5.97 Å². The fourth-order valence-electron chi connectivity index (χ4n) is 4.44. The van der Waals surface area contributed by atoms with Crippen molar-refractivity contribution < 1.29 is 24.2 Å². The second-order valence-electron chi connectivity index (χ2n) is 8.85. The van der Waals surface area contributed by atoms with Crippen LogP contribution in [0, 0.1) is 0 Å². The predicted molar refractivity (Wildman–Crippen MR) is 145 cm³/mol. The average molecular weight is 535 g/mol. The summed E-state index contributed by atoms with van der Waals surface area (Å²) in [4.78, 5) is 29.3. The smallest absolute Gasteiger partial charge is 0.355 e. The molecule has 190 valence electrons. The summed E-state index contributed by atoms with van der Waals surface area (Å²) >= 11 is 2.74. The van der Waals surface area contributed by atoms with Crippen molar-refractivity contribution in [3.63, 3.8) is 0 Å². The molecule has 1 aliphatic heterocycles. The van der Waals surface area contributed by atoms with Gasteiger partial charge in [-0.3, -0.25) is 4.79 Å². The number of para-hydroxylation sites is 1. The first kappa shape index (κ1) is 25.3. The maximum absolute atomic E-state index is 12.4. The number of aliphatic hydroxyl groups is 1. The number of aliphatic hydroxyl groups excluding tert-OH is 1. The molecule has 2 atom stereocenters. The molecule has 9 heteroatoms. The zero-order valence-electron chi connectivity index (χ0n) is 19.9. The average Bonchev–Trinajstić information content (AvgIpc) is 3.62. The molecule has 2 unspecified atom stereocenters. The van der Waals surface area contributed by atoms with Gasteiger partial charge in [-0.2, -0.15) is 0 Å². The number of fused-ring (bicyclic) bond motifs is 1. The van der Waals surface area contributed by atoms with Gasteiger partial charge in [-0.05, 0) is 30.2 Å². The fraction of sp³-hybridized carbons (Fsp3) is 0.250. The van der Waals surface area contributed by atoms with Crippen LogP contribution in [0.1, 0.15) is 28.9 Å². The summed E-state index contributed by atoms with van der Waals surface area (Å²) in [5.74, 6) is 0.472. The van der Waals surface area contributed by atoms with Crippen LogP contribution >= 0.6 is 23.1 Å². The Morgan fingerprint density at radius 1 is 1.24 bits per heavy atom. The number of benzene rings is 2. The van der Waals surface area contributed by atoms with E-state index in [1.807, 2.05) is 65.6 Å². The van der Waals surface area contributed by atoms with Gasteiger partial charge in [0.1, 0.15) is 11.3 Å². The van der Waals surface area contributed by atoms with E-state index in [4.69, 9.17) is 9.52 Å². The number of furan rings is 1. The molecule has 0 radical (unpaired) electrons. The Bertz CT molecular complexity index is 1410. The lowest BCUT2D eigenvalue weighted by atomic mass is 10.0. The number of rotatable bonds is 10. The molecule has 2 aromatic heterocycles. The number of carbonyl (C=O) groups is 2. The highest BCUT2D eigenvalue weighted by Crippen LogP contribution is 2.29. The number of hydrogen-bond donors (Lipinski definition) is 2. The molecule has 0 spiro atoms. The number of thiazole rings is 1. The summed E-state index contributed by atoms with van der Waals surface area (Å²) in [5, 5.41) is 22.3. The fourth-order valence-corrected chi connectivity index (χ4v) is 6.25. The first-order valence-electron chi connectivity index (χ1n) is 12.0. The molecule has 1 fully saturated rings. The van der Waals surface area contributed by atoms with Gasteiger partial charge in [0.05, 0.1) is 12.1 Å². The molecule has 4 aromatic rings. The van der Waals surface area contributed by atoms with Gasteiger partial charge in [0.25, 0.3) is 0 Å². The molecule has 1 aliphatic rings. The van der Waals surface area contributed by atoms with Crippen LogP contribution in [0.5, 0.6) is 0 Å². The summed E-state index contributed by atoms with van der Waals surface area (Å²) in [5.41, 5.74) is 2.85. The highest BCUT2D eigenvalue weighted by atomic mass is 32.2. The van der Waals surface area contributed by atoms with Crippen LogP contribution in [0.15, 0.2) is 80.9 Å². The molecule has 1 saturated heterocycles. The van der Waals surface area contributed by atoms with E-state index in [0.717, 1.165) is 27.9 Å². The van der Waals surface area contributed by atoms with E-state index in [1.165, 1.54) is 28.5 Å². The Morgan fingerprint density at radius 3 is 2.92 bits per heavy atom. The Morgan fingerprint density at radius 2 is 2.11 bits per heavy atom. The Kier molecular flexibility index (Phi) is 7.73. The largest absolute Gasteiger partial charge is 0.476 e. The number of amides is 1. The zero-order chi connectivity index (χ0) is 25.8. The van der Waals surface area contributed by atoms with Crippen LogP contribution < -0.4 is 0 Å². The molecule has 2 N–H and O–H groups in total. The second-order valence-corrected chi connectivity index (χ2v) is 11.1. The molecule has 2 aromatic carbocycles. The van der Waals surface area contributed by atoms with Crippen molar-refractivity contribution in [1.29, 1.82) is 0 Å². The van der Waals surface area contributed by atoms with E-state index in [-0.39, 0.29) is 17.6 Å². The van der Waals surface area contributed by atoms with E-state index in [2.05, 4.69) is 4.98 Å². The van der Waals surface area contributed by atoms with Crippen molar-refractivity contribution >= 4 is 45.9 Å². The van der Waals surface area contributed by atoms with Crippen molar-refractivity contribution in [1.82, 2.24) is 9.88 Å². The van der Waals surface area contributed by atoms with Gasteiger partial charge in [0.2, 0.25) is 5.91 Å². The van der Waals surface area contributed by atoms with E-state index < -0.39 is 12.1 Å². The Balaban J connectivity index is 1.17. The first-order valence-corrected chi connectivity index (χ1v) is 13.9. The van der Waals surface area contributed by atoms with Crippen molar-refractivity contribution in [2.24, 2.45) is 0 Å². The van der Waals surface area contributed by atoms with E-state index in [9.17, 15) is 14.7 Å². The molecule has 0 bridgehead atoms. The van der Waals surface area contributed by atoms with Crippen molar-refractivity contribution in [2.75, 3.05) is 12.3 Å². The summed E-state index contributed by atoms with van der Waals surface area (Å²) < 4.78 is 6.66. The topological polar surface area (TPSA) is 104 Å². The number of aromatic nitrogens is 1. The van der Waals surface area contributed by atoms with Crippen molar-refractivity contribution in [2.45, 2.75) is 35.7 Å². The lowest BCUT2D eigenvalue weighted by Gasteiger charge is -2.22. The third-order valence-corrected chi connectivity index (χ3v) is 8.27. The number of hydrogen-bond acceptors (Lipinski definition) is 7. The molecular weight excluding hydrogens is 508 g/mol. The lowest BCUT2D eigenvalue weighted by Crippen LogP contribution is -2.33. The molecule has 37 heavy (non-hydrogen) atoms. The van der Waals surface area contributed by atoms with E-state index in [1.54, 1.807) is 6.08 Å². The first-order chi connectivity index (χ1) is 18.0. The third-order valence-electron chi connectivity index (χ3n) is 6.27. The molecule has 0 saturated carbocycles. The van der Waals surface area contributed by atoms with Crippen LogP contribution in [-0.4, -0.2) is 56.4 Å². The number of likely N-dealkylation sites (tertiary alicyclic amines) is 1. The monoisotopic (exact) mass is 534 g/mol. The predicted octanol–water partition coefficient (Wildman–Crippen LogP) is 5.50. The number of carboxylic acids is 1. The highest BCUT2D eigenvalue weighted by molar-refractivity contribution is 8.01. The summed E-state index contributed by atoms with van der Waals surface area (Å²) in [6, 6.07) is 17.8. The summed E-state index contributed by atoms with van der Waals surface area (Å²) in [6.45, 7) is 0.538. The zero-order valence-corrected chi connectivity index (χ0v) is 21.6. The molecular formula is C28H26N2O5S2. The maximum atomic E-state index is 12.4. The quantitative estimate of drug-likeness (QED) is 0.205. The number of nitrogens with zero attached hydrogens (tertiary/aromatic N) is 2. The van der Waals surface area contributed by atoms with Crippen LogP contribution in [0.2, 0.25) is 0 Å². The lowest BCUT2D eigenvalue weighted by molar-refractivity contribution is -0.128. The Labute approximate surface area is 222 Å². The minimum Gasteiger partial charge on any atom is -0.476 e. The Hall–Kier alpha value is -3.40. The standard InChI is InChI=1S/C28H26N2O5S2/c31-22(15-18-4-3-6-19(14-18)25-16-20-5-1-2-7-24(20)35-25)10-8-21-9-11-26(32)30(21)12-13-36-28-29-23(17-37-28)27(33)34/h1-8,10,14,16-17,21-22,31H,9,11-13,15H2,(H,33,34). The second kappa shape index (κ2) is 11.3. The summed E-state index contributed by atoms with van der Waals surface area (Å²) in [7, 11) is 0. The number of carboxylic acid groups (broad SMARTS) is 1. The minimum absolute atomic E-state index is 0.0441. The van der Waals surface area contributed by atoms with E-state index in [0.29, 0.717) is 35.9 Å². The van der Waals surface area contributed by atoms with Gasteiger partial charge in [-0.15, -0.1) is 11.3 Å². The van der Waals surface area contributed by atoms with Gasteiger partial charge in [0, 0.05) is 41.5 Å². The molecule has 3 heterocycles. The van der Waals surface area contributed by atoms with Crippen molar-refractivity contribution in [3.8, 4) is 11.3 Å².